The van der Waals surface area contributed by atoms with Crippen molar-refractivity contribution in [3.05, 3.63) is 0 Å². The minimum Gasteiger partial charge on any atom is -0.381 e. The molecule has 3 rings (SSSR count). The van der Waals surface area contributed by atoms with Crippen LogP contribution in [0.2, 0.25) is 0 Å². The maximum atomic E-state index is 12.7. The van der Waals surface area contributed by atoms with E-state index in [1.807, 2.05) is 6.92 Å². The SMILES string of the molecule is CC1(C(=O)NC2CN(S(C)(=O)=O)CC3(CCOCC3)NC2=O)CC1. The van der Waals surface area contributed by atoms with Gasteiger partial charge in [0.1, 0.15) is 6.04 Å². The van der Waals surface area contributed by atoms with Crippen LogP contribution in [0.5, 0.6) is 0 Å². The number of carbonyl (C=O) groups excluding carboxylic acids is 2. The fourth-order valence-electron chi connectivity index (χ4n) is 3.23. The normalized spacial score (nSPS) is 29.6. The number of hydrogen-bond acceptors (Lipinski definition) is 5. The zero-order chi connectivity index (χ0) is 17.6. The molecule has 136 valence electrons. The van der Waals surface area contributed by atoms with Crippen molar-refractivity contribution >= 4 is 21.8 Å². The molecule has 1 aliphatic carbocycles. The molecule has 9 heteroatoms. The van der Waals surface area contributed by atoms with E-state index in [9.17, 15) is 18.0 Å². The van der Waals surface area contributed by atoms with Crippen LogP contribution in [0.1, 0.15) is 32.6 Å². The highest BCUT2D eigenvalue weighted by molar-refractivity contribution is 7.88. The molecular weight excluding hydrogens is 334 g/mol. The Bertz CT molecular complexity index is 637. The molecule has 3 aliphatic rings. The Balaban J connectivity index is 1.82. The van der Waals surface area contributed by atoms with Crippen LogP contribution in [0.25, 0.3) is 0 Å². The molecule has 0 radical (unpaired) electrons. The first kappa shape index (κ1) is 17.6. The van der Waals surface area contributed by atoms with Crippen molar-refractivity contribution in [2.75, 3.05) is 32.6 Å². The number of hydrogen-bond donors (Lipinski definition) is 2. The monoisotopic (exact) mass is 359 g/mol. The molecule has 0 bridgehead atoms. The third kappa shape index (κ3) is 3.57. The van der Waals surface area contributed by atoms with E-state index in [1.165, 1.54) is 4.31 Å². The Hall–Kier alpha value is -1.19. The second-order valence-electron chi connectivity index (χ2n) is 7.52. The van der Waals surface area contributed by atoms with Gasteiger partial charge in [-0.2, -0.15) is 4.31 Å². The molecule has 2 amide bonds. The van der Waals surface area contributed by atoms with Gasteiger partial charge in [0.05, 0.1) is 11.8 Å². The van der Waals surface area contributed by atoms with Gasteiger partial charge < -0.3 is 15.4 Å². The van der Waals surface area contributed by atoms with Crippen LogP contribution in [-0.2, 0) is 24.3 Å². The van der Waals surface area contributed by atoms with Crippen LogP contribution in [0.4, 0.5) is 0 Å². The molecule has 1 unspecified atom stereocenters. The Morgan fingerprint density at radius 1 is 1.29 bits per heavy atom. The van der Waals surface area contributed by atoms with Crippen LogP contribution in [0.3, 0.4) is 0 Å². The topological polar surface area (TPSA) is 105 Å². The minimum atomic E-state index is -3.49. The first-order valence-corrected chi connectivity index (χ1v) is 10.1. The first-order valence-electron chi connectivity index (χ1n) is 8.30. The van der Waals surface area contributed by atoms with Gasteiger partial charge in [0.2, 0.25) is 21.8 Å². The standard InChI is InChI=1S/C15H25N3O5S/c1-14(3-4-14)13(20)16-11-9-18(24(2,21)22)10-15(17-12(11)19)5-7-23-8-6-15/h11H,3-10H2,1-2H3,(H,16,20)(H,17,19). The lowest BCUT2D eigenvalue weighted by Gasteiger charge is -2.38. The second kappa shape index (κ2) is 5.96. The lowest BCUT2D eigenvalue weighted by molar-refractivity contribution is -0.132. The molecule has 1 spiro atoms. The zero-order valence-corrected chi connectivity index (χ0v) is 14.9. The number of sulfonamides is 1. The van der Waals surface area contributed by atoms with Gasteiger partial charge in [-0.25, -0.2) is 8.42 Å². The fourth-order valence-corrected chi connectivity index (χ4v) is 4.13. The minimum absolute atomic E-state index is 0.0326. The van der Waals surface area contributed by atoms with E-state index in [2.05, 4.69) is 10.6 Å². The fraction of sp³-hybridized carbons (Fsp3) is 0.867. The summed E-state index contributed by atoms with van der Waals surface area (Å²) in [7, 11) is -3.49. The summed E-state index contributed by atoms with van der Waals surface area (Å²) in [6, 6.07) is -0.869. The van der Waals surface area contributed by atoms with E-state index in [0.29, 0.717) is 26.1 Å². The average molecular weight is 359 g/mol. The van der Waals surface area contributed by atoms with Crippen LogP contribution in [0.15, 0.2) is 0 Å². The highest BCUT2D eigenvalue weighted by Crippen LogP contribution is 2.45. The molecule has 2 saturated heterocycles. The molecule has 24 heavy (non-hydrogen) atoms. The molecule has 1 atom stereocenters. The summed E-state index contributed by atoms with van der Waals surface area (Å²) in [6.07, 6.45) is 3.84. The lowest BCUT2D eigenvalue weighted by atomic mass is 9.90. The summed E-state index contributed by atoms with van der Waals surface area (Å²) >= 11 is 0. The van der Waals surface area contributed by atoms with Crippen LogP contribution < -0.4 is 10.6 Å². The third-order valence-corrected chi connectivity index (χ3v) is 6.56. The summed E-state index contributed by atoms with van der Waals surface area (Å²) in [5.41, 5.74) is -1.04. The van der Waals surface area contributed by atoms with Crippen LogP contribution in [-0.4, -0.2) is 68.7 Å². The van der Waals surface area contributed by atoms with Gasteiger partial charge in [0.25, 0.3) is 0 Å². The number of nitrogens with one attached hydrogen (secondary N) is 2. The molecule has 0 aromatic carbocycles. The number of amides is 2. The molecule has 2 N–H and O–H groups in total. The van der Waals surface area contributed by atoms with Crippen molar-refractivity contribution in [2.24, 2.45) is 5.41 Å². The highest BCUT2D eigenvalue weighted by atomic mass is 32.2. The van der Waals surface area contributed by atoms with Crippen LogP contribution in [0, 0.1) is 5.41 Å². The van der Waals surface area contributed by atoms with Crippen molar-refractivity contribution in [2.45, 2.75) is 44.2 Å². The van der Waals surface area contributed by atoms with Crippen molar-refractivity contribution in [1.82, 2.24) is 14.9 Å². The number of nitrogens with zero attached hydrogens (tertiary/aromatic N) is 1. The summed E-state index contributed by atoms with van der Waals surface area (Å²) in [4.78, 5) is 25.0. The van der Waals surface area contributed by atoms with E-state index in [-0.39, 0.29) is 24.9 Å². The molecular formula is C15H25N3O5S. The second-order valence-corrected chi connectivity index (χ2v) is 9.51. The predicted molar refractivity (Wildman–Crippen MR) is 86.6 cm³/mol. The van der Waals surface area contributed by atoms with Gasteiger partial charge in [0.15, 0.2) is 0 Å². The van der Waals surface area contributed by atoms with Gasteiger partial charge in [-0.15, -0.1) is 0 Å². The summed E-state index contributed by atoms with van der Waals surface area (Å²) in [5, 5.41) is 5.73. The van der Waals surface area contributed by atoms with Gasteiger partial charge in [-0.3, -0.25) is 9.59 Å². The number of rotatable bonds is 3. The van der Waals surface area contributed by atoms with E-state index in [1.54, 1.807) is 0 Å². The molecule has 8 nitrogen and oxygen atoms in total. The highest BCUT2D eigenvalue weighted by Gasteiger charge is 2.48. The number of carbonyl (C=O) groups is 2. The van der Waals surface area contributed by atoms with Gasteiger partial charge in [-0.1, -0.05) is 6.92 Å². The maximum absolute atomic E-state index is 12.7. The summed E-state index contributed by atoms with van der Waals surface area (Å²) in [6.45, 7) is 2.99. The van der Waals surface area contributed by atoms with Crippen molar-refractivity contribution in [1.29, 1.82) is 0 Å². The van der Waals surface area contributed by atoms with E-state index >= 15 is 0 Å². The van der Waals surface area contributed by atoms with Crippen molar-refractivity contribution in [3.8, 4) is 0 Å². The zero-order valence-electron chi connectivity index (χ0n) is 14.1. The largest absolute Gasteiger partial charge is 0.381 e. The molecule has 2 aliphatic heterocycles. The van der Waals surface area contributed by atoms with Crippen molar-refractivity contribution < 1.29 is 22.7 Å². The van der Waals surface area contributed by atoms with Crippen molar-refractivity contribution in [3.63, 3.8) is 0 Å². The molecule has 0 aromatic heterocycles. The van der Waals surface area contributed by atoms with E-state index in [0.717, 1.165) is 19.1 Å². The summed E-state index contributed by atoms with van der Waals surface area (Å²) in [5.74, 6) is -0.500. The van der Waals surface area contributed by atoms with Gasteiger partial charge in [-0.05, 0) is 25.7 Å². The predicted octanol–water partition coefficient (Wildman–Crippen LogP) is -0.788. The van der Waals surface area contributed by atoms with Crippen LogP contribution >= 0.6 is 0 Å². The average Bonchev–Trinajstić information content (AvgIpc) is 3.25. The number of ether oxygens (including phenoxy) is 1. The lowest BCUT2D eigenvalue weighted by Crippen LogP contribution is -2.58. The molecule has 1 saturated carbocycles. The third-order valence-electron chi connectivity index (χ3n) is 5.34. The summed E-state index contributed by atoms with van der Waals surface area (Å²) < 4.78 is 31.0. The Morgan fingerprint density at radius 2 is 1.92 bits per heavy atom. The smallest absolute Gasteiger partial charge is 0.244 e. The quantitative estimate of drug-likeness (QED) is 0.687. The Kier molecular flexibility index (Phi) is 4.38. The Morgan fingerprint density at radius 3 is 2.46 bits per heavy atom. The van der Waals surface area contributed by atoms with Gasteiger partial charge >= 0.3 is 0 Å². The van der Waals surface area contributed by atoms with Gasteiger partial charge in [0, 0.05) is 31.7 Å². The molecule has 3 fully saturated rings. The maximum Gasteiger partial charge on any atom is 0.244 e. The molecule has 0 aromatic rings. The molecule has 2 heterocycles. The Labute approximate surface area is 142 Å². The van der Waals surface area contributed by atoms with E-state index in [4.69, 9.17) is 4.74 Å². The first-order chi connectivity index (χ1) is 11.1. The van der Waals surface area contributed by atoms with E-state index < -0.39 is 27.0 Å².